The summed E-state index contributed by atoms with van der Waals surface area (Å²) in [6.07, 6.45) is 7.32. The van der Waals surface area contributed by atoms with Gasteiger partial charge in [-0.3, -0.25) is 9.59 Å². The van der Waals surface area contributed by atoms with Crippen LogP contribution < -0.4 is 9.47 Å². The number of hydrogen-bond acceptors (Lipinski definition) is 5. The minimum Gasteiger partial charge on any atom is -0.493 e. The SMILES string of the molecule is COC(=O)CCCCCCOc1ccc2c(c1CCC(C)C)OC(=O)CC2. The normalized spacial score (nSPS) is 13.3. The van der Waals surface area contributed by atoms with Crippen LogP contribution in [0.2, 0.25) is 0 Å². The second-order valence-electron chi connectivity index (χ2n) is 7.53. The van der Waals surface area contributed by atoms with Gasteiger partial charge in [0.05, 0.1) is 20.1 Å². The fourth-order valence-electron chi connectivity index (χ4n) is 3.20. The topological polar surface area (TPSA) is 61.8 Å². The maximum atomic E-state index is 11.8. The van der Waals surface area contributed by atoms with Crippen LogP contribution in [0.4, 0.5) is 0 Å². The van der Waals surface area contributed by atoms with Gasteiger partial charge in [-0.1, -0.05) is 32.8 Å². The molecule has 0 spiro atoms. The standard InChI is InChI=1S/C22H32O5/c1-16(2)9-12-18-19(13-10-17-11-14-21(24)27-22(17)18)26-15-7-5-4-6-8-20(23)25-3/h10,13,16H,4-9,11-12,14-15H2,1-3H3. The molecule has 1 heterocycles. The van der Waals surface area contributed by atoms with Gasteiger partial charge in [-0.15, -0.1) is 0 Å². The molecule has 1 aromatic rings. The molecule has 150 valence electrons. The summed E-state index contributed by atoms with van der Waals surface area (Å²) in [7, 11) is 1.42. The lowest BCUT2D eigenvalue weighted by Gasteiger charge is -2.22. The Morgan fingerprint density at radius 1 is 1.15 bits per heavy atom. The molecule has 0 N–H and O–H groups in total. The molecule has 2 rings (SSSR count). The van der Waals surface area contributed by atoms with Crippen LogP contribution >= 0.6 is 0 Å². The van der Waals surface area contributed by atoms with Crippen molar-refractivity contribution >= 4 is 11.9 Å². The molecule has 0 unspecified atom stereocenters. The number of fused-ring (bicyclic) bond motifs is 1. The molecule has 5 heteroatoms. The van der Waals surface area contributed by atoms with Crippen molar-refractivity contribution < 1.29 is 23.8 Å². The van der Waals surface area contributed by atoms with Crippen molar-refractivity contribution in [3.05, 3.63) is 23.3 Å². The number of hydrogen-bond donors (Lipinski definition) is 0. The zero-order valence-corrected chi connectivity index (χ0v) is 16.8. The van der Waals surface area contributed by atoms with Crippen LogP contribution in [0, 0.1) is 5.92 Å². The van der Waals surface area contributed by atoms with Crippen molar-refractivity contribution in [1.82, 2.24) is 0 Å². The molecule has 1 aliphatic rings. The highest BCUT2D eigenvalue weighted by Gasteiger charge is 2.23. The number of ether oxygens (including phenoxy) is 3. The van der Waals surface area contributed by atoms with Gasteiger partial charge in [0.25, 0.3) is 0 Å². The molecule has 0 amide bonds. The van der Waals surface area contributed by atoms with Crippen LogP contribution in [0.3, 0.4) is 0 Å². The summed E-state index contributed by atoms with van der Waals surface area (Å²) >= 11 is 0. The van der Waals surface area contributed by atoms with E-state index in [1.54, 1.807) is 0 Å². The molecular formula is C22H32O5. The predicted molar refractivity (Wildman–Crippen MR) is 104 cm³/mol. The lowest BCUT2D eigenvalue weighted by molar-refractivity contribution is -0.140. The van der Waals surface area contributed by atoms with Crippen molar-refractivity contribution in [2.24, 2.45) is 5.92 Å². The molecule has 0 atom stereocenters. The van der Waals surface area contributed by atoms with Crippen molar-refractivity contribution in [2.45, 2.75) is 71.6 Å². The number of carbonyl (C=O) groups is 2. The van der Waals surface area contributed by atoms with E-state index in [9.17, 15) is 9.59 Å². The summed E-state index contributed by atoms with van der Waals surface area (Å²) in [5.74, 6) is 1.82. The molecule has 5 nitrogen and oxygen atoms in total. The molecule has 0 saturated carbocycles. The lowest BCUT2D eigenvalue weighted by Crippen LogP contribution is -2.18. The van der Waals surface area contributed by atoms with Gasteiger partial charge in [0.2, 0.25) is 0 Å². The van der Waals surface area contributed by atoms with Crippen molar-refractivity contribution in [3.63, 3.8) is 0 Å². The molecule has 27 heavy (non-hydrogen) atoms. The van der Waals surface area contributed by atoms with Gasteiger partial charge in [0.15, 0.2) is 0 Å². The zero-order valence-electron chi connectivity index (χ0n) is 16.8. The fourth-order valence-corrected chi connectivity index (χ4v) is 3.20. The van der Waals surface area contributed by atoms with E-state index in [0.29, 0.717) is 25.4 Å². The maximum Gasteiger partial charge on any atom is 0.311 e. The quantitative estimate of drug-likeness (QED) is 0.320. The highest BCUT2D eigenvalue weighted by molar-refractivity contribution is 5.76. The summed E-state index contributed by atoms with van der Waals surface area (Å²) in [4.78, 5) is 22.9. The minimum absolute atomic E-state index is 0.148. The first-order chi connectivity index (χ1) is 13.0. The van der Waals surface area contributed by atoms with Crippen LogP contribution in [-0.4, -0.2) is 25.7 Å². The van der Waals surface area contributed by atoms with E-state index < -0.39 is 0 Å². The number of unbranched alkanes of at least 4 members (excludes halogenated alkanes) is 3. The van der Waals surface area contributed by atoms with Crippen LogP contribution in [0.1, 0.15) is 69.9 Å². The smallest absolute Gasteiger partial charge is 0.311 e. The Labute approximate surface area is 162 Å². The van der Waals surface area contributed by atoms with Gasteiger partial charge in [-0.05, 0) is 49.7 Å². The van der Waals surface area contributed by atoms with Crippen LogP contribution in [0.15, 0.2) is 12.1 Å². The first-order valence-corrected chi connectivity index (χ1v) is 10.1. The third-order valence-corrected chi connectivity index (χ3v) is 4.85. The fraction of sp³-hybridized carbons (Fsp3) is 0.636. The van der Waals surface area contributed by atoms with Crippen molar-refractivity contribution in [1.29, 1.82) is 0 Å². The Kier molecular flexibility index (Phi) is 8.62. The third kappa shape index (κ3) is 6.89. The largest absolute Gasteiger partial charge is 0.493 e. The number of carbonyl (C=O) groups excluding carboxylic acids is 2. The first-order valence-electron chi connectivity index (χ1n) is 10.1. The van der Waals surface area contributed by atoms with Crippen molar-refractivity contribution in [2.75, 3.05) is 13.7 Å². The van der Waals surface area contributed by atoms with Gasteiger partial charge >= 0.3 is 11.9 Å². The highest BCUT2D eigenvalue weighted by atomic mass is 16.5. The first kappa shape index (κ1) is 21.3. The Hall–Kier alpha value is -2.04. The summed E-state index contributed by atoms with van der Waals surface area (Å²) in [5.41, 5.74) is 2.13. The maximum absolute atomic E-state index is 11.8. The predicted octanol–water partition coefficient (Wildman–Crippen LogP) is 4.63. The van der Waals surface area contributed by atoms with E-state index in [0.717, 1.165) is 67.6 Å². The van der Waals surface area contributed by atoms with Crippen LogP contribution in [0.25, 0.3) is 0 Å². The van der Waals surface area contributed by atoms with Gasteiger partial charge in [0.1, 0.15) is 11.5 Å². The number of aryl methyl sites for hydroxylation is 1. The van der Waals surface area contributed by atoms with Crippen LogP contribution in [-0.2, 0) is 27.2 Å². The molecule has 0 bridgehead atoms. The van der Waals surface area contributed by atoms with Gasteiger partial charge < -0.3 is 14.2 Å². The summed E-state index contributed by atoms with van der Waals surface area (Å²) in [6, 6.07) is 4.04. The molecule has 0 aromatic heterocycles. The molecule has 0 saturated heterocycles. The van der Waals surface area contributed by atoms with Crippen LogP contribution in [0.5, 0.6) is 11.5 Å². The lowest BCUT2D eigenvalue weighted by atomic mass is 9.96. The Balaban J connectivity index is 1.90. The van der Waals surface area contributed by atoms with E-state index in [2.05, 4.69) is 18.6 Å². The monoisotopic (exact) mass is 376 g/mol. The number of esters is 2. The third-order valence-electron chi connectivity index (χ3n) is 4.85. The summed E-state index contributed by atoms with van der Waals surface area (Å²) in [6.45, 7) is 5.01. The average molecular weight is 376 g/mol. The van der Waals surface area contributed by atoms with E-state index in [4.69, 9.17) is 9.47 Å². The Bertz CT molecular complexity index is 636. The molecular weight excluding hydrogens is 344 g/mol. The molecule has 0 fully saturated rings. The molecule has 0 aliphatic carbocycles. The number of methoxy groups -OCH3 is 1. The number of benzene rings is 1. The molecule has 0 radical (unpaired) electrons. The van der Waals surface area contributed by atoms with E-state index in [1.165, 1.54) is 7.11 Å². The second-order valence-corrected chi connectivity index (χ2v) is 7.53. The molecule has 1 aliphatic heterocycles. The number of rotatable bonds is 11. The Morgan fingerprint density at radius 3 is 2.67 bits per heavy atom. The minimum atomic E-state index is -0.156. The van der Waals surface area contributed by atoms with Crippen molar-refractivity contribution in [3.8, 4) is 11.5 Å². The van der Waals surface area contributed by atoms with Gasteiger partial charge in [-0.25, -0.2) is 0 Å². The average Bonchev–Trinajstić information content (AvgIpc) is 2.65. The Morgan fingerprint density at radius 2 is 1.93 bits per heavy atom. The van der Waals surface area contributed by atoms with E-state index in [-0.39, 0.29) is 11.9 Å². The van der Waals surface area contributed by atoms with Gasteiger partial charge in [-0.2, -0.15) is 0 Å². The van der Waals surface area contributed by atoms with E-state index in [1.807, 2.05) is 12.1 Å². The van der Waals surface area contributed by atoms with E-state index >= 15 is 0 Å². The zero-order chi connectivity index (χ0) is 19.6. The summed E-state index contributed by atoms with van der Waals surface area (Å²) in [5, 5.41) is 0. The van der Waals surface area contributed by atoms with Gasteiger partial charge in [0, 0.05) is 12.0 Å². The highest BCUT2D eigenvalue weighted by Crippen LogP contribution is 2.37. The second kappa shape index (κ2) is 11.0. The molecule has 1 aromatic carbocycles. The summed E-state index contributed by atoms with van der Waals surface area (Å²) < 4.78 is 16.2.